The highest BCUT2D eigenvalue weighted by Gasteiger charge is 2.19. The van der Waals surface area contributed by atoms with Crippen LogP contribution in [0.15, 0.2) is 15.3 Å². The molecule has 78 valence electrons. The Morgan fingerprint density at radius 2 is 2.33 bits per heavy atom. The van der Waals surface area contributed by atoms with Crippen LogP contribution in [0.1, 0.15) is 0 Å². The minimum absolute atomic E-state index is 0.238. The molecule has 0 aliphatic heterocycles. The first-order valence-electron chi connectivity index (χ1n) is 3.90. The molecule has 0 aliphatic carbocycles. The van der Waals surface area contributed by atoms with Gasteiger partial charge in [-0.1, -0.05) is 0 Å². The van der Waals surface area contributed by atoms with Crippen LogP contribution < -0.4 is 5.69 Å². The molecule has 0 saturated carbocycles. The van der Waals surface area contributed by atoms with Crippen molar-refractivity contribution in [3.05, 3.63) is 31.1 Å². The smallest absolute Gasteiger partial charge is 0.358 e. The monoisotopic (exact) mass is 272 g/mol. The Balaban J connectivity index is 2.89. The quantitative estimate of drug-likeness (QED) is 0.617. The van der Waals surface area contributed by atoms with Gasteiger partial charge in [-0.2, -0.15) is 0 Å². The number of hydrogen-bond acceptors (Lipinski definition) is 4. The lowest BCUT2D eigenvalue weighted by Gasteiger charge is -1.94. The molecule has 1 N–H and O–H groups in total. The minimum Gasteiger partial charge on any atom is -0.358 e. The van der Waals surface area contributed by atoms with Crippen molar-refractivity contribution in [2.75, 3.05) is 0 Å². The van der Waals surface area contributed by atoms with Crippen molar-refractivity contribution >= 4 is 32.9 Å². The van der Waals surface area contributed by atoms with Gasteiger partial charge in [0, 0.05) is 7.05 Å². The Labute approximate surface area is 91.0 Å². The summed E-state index contributed by atoms with van der Waals surface area (Å²) in [4.78, 5) is 27.5. The van der Waals surface area contributed by atoms with Gasteiger partial charge in [0.2, 0.25) is 0 Å². The lowest BCUT2D eigenvalue weighted by molar-refractivity contribution is -0.390. The van der Waals surface area contributed by atoms with Crippen molar-refractivity contribution in [3.8, 4) is 0 Å². The number of H-pyrrole nitrogens is 1. The van der Waals surface area contributed by atoms with E-state index in [0.717, 1.165) is 0 Å². The van der Waals surface area contributed by atoms with Gasteiger partial charge in [-0.15, -0.1) is 0 Å². The van der Waals surface area contributed by atoms with E-state index in [9.17, 15) is 14.9 Å². The molecule has 0 atom stereocenters. The number of rotatable bonds is 1. The van der Waals surface area contributed by atoms with E-state index in [0.29, 0.717) is 5.52 Å². The average Bonchev–Trinajstić information content (AvgIpc) is 2.41. The number of aryl methyl sites for hydroxylation is 1. The third-order valence-corrected chi connectivity index (χ3v) is 2.56. The Morgan fingerprint density at radius 3 is 2.93 bits per heavy atom. The zero-order valence-electron chi connectivity index (χ0n) is 7.52. The van der Waals surface area contributed by atoms with E-state index in [1.54, 1.807) is 0 Å². The third-order valence-electron chi connectivity index (χ3n) is 1.97. The van der Waals surface area contributed by atoms with Crippen LogP contribution in [0.3, 0.4) is 0 Å². The van der Waals surface area contributed by atoms with E-state index in [4.69, 9.17) is 0 Å². The van der Waals surface area contributed by atoms with Gasteiger partial charge in [0.05, 0.1) is 0 Å². The van der Waals surface area contributed by atoms with Gasteiger partial charge < -0.3 is 15.1 Å². The van der Waals surface area contributed by atoms with Crippen molar-refractivity contribution in [2.45, 2.75) is 0 Å². The molecular weight excluding hydrogens is 268 g/mol. The van der Waals surface area contributed by atoms with E-state index in [2.05, 4.69) is 25.9 Å². The second kappa shape index (κ2) is 3.16. The SMILES string of the molecule is Cn1c(=O)[nH]c2cc(Br)c([N+](=O)[O-])nc21. The van der Waals surface area contributed by atoms with E-state index >= 15 is 0 Å². The Hall–Kier alpha value is -1.70. The first-order chi connectivity index (χ1) is 7.00. The molecule has 0 aromatic carbocycles. The van der Waals surface area contributed by atoms with Crippen LogP contribution in [-0.4, -0.2) is 19.5 Å². The largest absolute Gasteiger partial charge is 0.380 e. The van der Waals surface area contributed by atoms with Gasteiger partial charge in [0.15, 0.2) is 0 Å². The van der Waals surface area contributed by atoms with Crippen molar-refractivity contribution < 1.29 is 4.92 Å². The highest BCUT2D eigenvalue weighted by Crippen LogP contribution is 2.24. The first kappa shape index (κ1) is 9.84. The summed E-state index contributed by atoms with van der Waals surface area (Å²) in [6.45, 7) is 0. The topological polar surface area (TPSA) is 93.8 Å². The summed E-state index contributed by atoms with van der Waals surface area (Å²) in [6, 6.07) is 1.46. The number of nitro groups is 1. The zero-order valence-corrected chi connectivity index (χ0v) is 9.11. The van der Waals surface area contributed by atoms with Gasteiger partial charge in [0.25, 0.3) is 5.65 Å². The van der Waals surface area contributed by atoms with Crippen LogP contribution in [0.5, 0.6) is 0 Å². The highest BCUT2D eigenvalue weighted by molar-refractivity contribution is 9.10. The summed E-state index contributed by atoms with van der Waals surface area (Å²) in [7, 11) is 1.49. The molecule has 2 aromatic rings. The molecule has 0 fully saturated rings. The lowest BCUT2D eigenvalue weighted by Crippen LogP contribution is -2.12. The summed E-state index contributed by atoms with van der Waals surface area (Å²) in [6.07, 6.45) is 0. The Kier molecular flexibility index (Phi) is 2.07. The molecule has 0 radical (unpaired) electrons. The molecule has 0 spiro atoms. The molecule has 8 heteroatoms. The number of hydrogen-bond donors (Lipinski definition) is 1. The molecule has 0 aliphatic rings. The Morgan fingerprint density at radius 1 is 1.67 bits per heavy atom. The summed E-state index contributed by atoms with van der Waals surface area (Å²) in [5.41, 5.74) is 0.361. The third kappa shape index (κ3) is 1.42. The second-order valence-corrected chi connectivity index (χ2v) is 3.77. The Bertz CT molecular complexity index is 614. The normalized spacial score (nSPS) is 10.8. The molecule has 2 heterocycles. The fraction of sp³-hybridized carbons (Fsp3) is 0.143. The van der Waals surface area contributed by atoms with Crippen LogP contribution in [0.2, 0.25) is 0 Å². The van der Waals surface area contributed by atoms with Crippen molar-refractivity contribution in [3.63, 3.8) is 0 Å². The number of halogens is 1. The van der Waals surface area contributed by atoms with E-state index in [-0.39, 0.29) is 21.6 Å². The number of fused-ring (bicyclic) bond motifs is 1. The van der Waals surface area contributed by atoms with Gasteiger partial charge in [-0.25, -0.2) is 4.79 Å². The second-order valence-electron chi connectivity index (χ2n) is 2.91. The predicted octanol–water partition coefficient (Wildman–Crippen LogP) is 0.932. The number of aromatic nitrogens is 3. The maximum absolute atomic E-state index is 11.2. The number of pyridine rings is 1. The zero-order chi connectivity index (χ0) is 11.2. The number of aromatic amines is 1. The van der Waals surface area contributed by atoms with Crippen molar-refractivity contribution in [2.24, 2.45) is 7.05 Å². The maximum Gasteiger partial charge on any atom is 0.380 e. The van der Waals surface area contributed by atoms with E-state index in [1.165, 1.54) is 17.7 Å². The molecule has 0 bridgehead atoms. The van der Waals surface area contributed by atoms with Gasteiger partial charge >= 0.3 is 11.5 Å². The molecule has 0 amide bonds. The number of nitrogens with one attached hydrogen (secondary N) is 1. The van der Waals surface area contributed by atoms with Crippen LogP contribution >= 0.6 is 15.9 Å². The lowest BCUT2D eigenvalue weighted by atomic mass is 10.4. The molecule has 0 saturated heterocycles. The number of imidazole rings is 1. The molecule has 2 rings (SSSR count). The summed E-state index contributed by atoms with van der Waals surface area (Å²) in [5, 5.41) is 10.6. The molecule has 0 unspecified atom stereocenters. The number of nitrogens with zero attached hydrogens (tertiary/aromatic N) is 3. The van der Waals surface area contributed by atoms with Crippen LogP contribution in [-0.2, 0) is 7.05 Å². The summed E-state index contributed by atoms with van der Waals surface area (Å²) < 4.78 is 1.45. The maximum atomic E-state index is 11.2. The molecule has 15 heavy (non-hydrogen) atoms. The molecular formula is C7H5BrN4O3. The summed E-state index contributed by atoms with van der Waals surface area (Å²) in [5.74, 6) is -0.308. The average molecular weight is 273 g/mol. The fourth-order valence-corrected chi connectivity index (χ4v) is 1.70. The standard InChI is InChI=1S/C7H5BrN4O3/c1-11-6-4(9-7(11)13)2-3(8)5(10-6)12(14)15/h2H,1H3,(H,9,13). The van der Waals surface area contributed by atoms with Crippen LogP contribution in [0, 0.1) is 10.1 Å². The van der Waals surface area contributed by atoms with Crippen molar-refractivity contribution in [1.82, 2.24) is 14.5 Å². The minimum atomic E-state index is -0.610. The van der Waals surface area contributed by atoms with Crippen LogP contribution in [0.4, 0.5) is 5.82 Å². The summed E-state index contributed by atoms with van der Waals surface area (Å²) >= 11 is 3.02. The van der Waals surface area contributed by atoms with Gasteiger partial charge in [0.1, 0.15) is 9.99 Å². The molecule has 7 nitrogen and oxygen atoms in total. The van der Waals surface area contributed by atoms with Crippen LogP contribution in [0.25, 0.3) is 11.2 Å². The molecule has 2 aromatic heterocycles. The van der Waals surface area contributed by atoms with E-state index < -0.39 is 4.92 Å². The highest BCUT2D eigenvalue weighted by atomic mass is 79.9. The van der Waals surface area contributed by atoms with E-state index in [1.807, 2.05) is 0 Å². The fourth-order valence-electron chi connectivity index (χ4n) is 1.24. The first-order valence-corrected chi connectivity index (χ1v) is 4.69. The van der Waals surface area contributed by atoms with Crippen molar-refractivity contribution in [1.29, 1.82) is 0 Å². The van der Waals surface area contributed by atoms with Gasteiger partial charge in [-0.05, 0) is 31.9 Å². The predicted molar refractivity (Wildman–Crippen MR) is 55.7 cm³/mol. The van der Waals surface area contributed by atoms with Gasteiger partial charge in [-0.3, -0.25) is 4.57 Å².